The number of likely N-dealkylation sites (tertiary alicyclic amines) is 1. The fourth-order valence-corrected chi connectivity index (χ4v) is 4.86. The first-order chi connectivity index (χ1) is 17.0. The molecule has 0 spiro atoms. The minimum atomic E-state index is -0.380. The second-order valence-electron chi connectivity index (χ2n) is 8.95. The van der Waals surface area contributed by atoms with Gasteiger partial charge in [0.2, 0.25) is 5.43 Å². The number of fused-ring (bicyclic) bond motifs is 1. The zero-order valence-corrected chi connectivity index (χ0v) is 21.6. The minimum Gasteiger partial charge on any atom is -0.502 e. The third-order valence-corrected chi connectivity index (χ3v) is 7.10. The number of nitrogens with zero attached hydrogens (tertiary/aromatic N) is 1. The fraction of sp³-hybridized carbons (Fsp3) is 0.444. The van der Waals surface area contributed by atoms with Crippen molar-refractivity contribution < 1.29 is 23.7 Å². The van der Waals surface area contributed by atoms with E-state index in [-0.39, 0.29) is 18.0 Å². The number of methoxy groups -OCH3 is 1. The molecule has 1 aliphatic rings. The zero-order valence-electron chi connectivity index (χ0n) is 20.0. The maximum absolute atomic E-state index is 12.2. The van der Waals surface area contributed by atoms with Gasteiger partial charge in [0.1, 0.15) is 31.0 Å². The molecule has 1 N–H and O–H groups in total. The van der Waals surface area contributed by atoms with Gasteiger partial charge >= 0.3 is 0 Å². The third-order valence-electron chi connectivity index (χ3n) is 6.45. The van der Waals surface area contributed by atoms with Crippen LogP contribution in [0, 0.1) is 5.92 Å². The highest BCUT2D eigenvalue weighted by Crippen LogP contribution is 2.29. The largest absolute Gasteiger partial charge is 0.502 e. The van der Waals surface area contributed by atoms with Gasteiger partial charge in [0.05, 0.1) is 16.5 Å². The van der Waals surface area contributed by atoms with E-state index < -0.39 is 0 Å². The zero-order chi connectivity index (χ0) is 24.6. The van der Waals surface area contributed by atoms with E-state index in [1.807, 2.05) is 12.1 Å². The van der Waals surface area contributed by atoms with E-state index in [9.17, 15) is 9.90 Å². The number of aromatic hydroxyl groups is 1. The smallest absolute Gasteiger partial charge is 0.234 e. The van der Waals surface area contributed by atoms with Gasteiger partial charge in [0.25, 0.3) is 0 Å². The maximum atomic E-state index is 12.2. The van der Waals surface area contributed by atoms with Crippen molar-refractivity contribution in [3.05, 3.63) is 68.5 Å². The van der Waals surface area contributed by atoms with Crippen LogP contribution in [-0.2, 0) is 22.3 Å². The molecule has 2 heterocycles. The van der Waals surface area contributed by atoms with Gasteiger partial charge in [-0.2, -0.15) is 0 Å². The Labute approximate surface area is 213 Å². The second kappa shape index (κ2) is 12.5. The van der Waals surface area contributed by atoms with Crippen LogP contribution in [0.3, 0.4) is 0 Å². The average molecular weight is 546 g/mol. The van der Waals surface area contributed by atoms with Crippen molar-refractivity contribution in [2.24, 2.45) is 5.92 Å². The van der Waals surface area contributed by atoms with E-state index in [0.29, 0.717) is 30.1 Å². The van der Waals surface area contributed by atoms with Crippen molar-refractivity contribution in [2.75, 3.05) is 46.8 Å². The second-order valence-corrected chi connectivity index (χ2v) is 9.80. The van der Waals surface area contributed by atoms with Gasteiger partial charge in [-0.1, -0.05) is 12.1 Å². The summed E-state index contributed by atoms with van der Waals surface area (Å²) >= 11 is 3.57. The number of ether oxygens (including phenoxy) is 3. The van der Waals surface area contributed by atoms with Gasteiger partial charge in [-0.25, -0.2) is 0 Å². The Morgan fingerprint density at radius 3 is 2.71 bits per heavy atom. The van der Waals surface area contributed by atoms with Gasteiger partial charge in [-0.05, 0) is 96.0 Å². The first kappa shape index (κ1) is 25.7. The highest BCUT2D eigenvalue weighted by atomic mass is 79.9. The van der Waals surface area contributed by atoms with Gasteiger partial charge in [-0.15, -0.1) is 0 Å². The first-order valence-electron chi connectivity index (χ1n) is 12.0. The molecule has 8 heteroatoms. The molecule has 0 unspecified atom stereocenters. The fourth-order valence-electron chi connectivity index (χ4n) is 4.50. The van der Waals surface area contributed by atoms with Crippen LogP contribution in [0.15, 0.2) is 56.3 Å². The molecular formula is C27H32BrNO6. The maximum Gasteiger partial charge on any atom is 0.234 e. The van der Waals surface area contributed by atoms with Crippen molar-refractivity contribution in [2.45, 2.75) is 25.7 Å². The van der Waals surface area contributed by atoms with Crippen molar-refractivity contribution in [1.82, 2.24) is 4.90 Å². The summed E-state index contributed by atoms with van der Waals surface area (Å²) < 4.78 is 22.3. The van der Waals surface area contributed by atoms with E-state index in [4.69, 9.17) is 18.6 Å². The number of hydrogen-bond acceptors (Lipinski definition) is 7. The molecule has 4 rings (SSSR count). The molecule has 1 aromatic heterocycles. The summed E-state index contributed by atoms with van der Waals surface area (Å²) in [5.41, 5.74) is 2.48. The molecule has 0 radical (unpaired) electrons. The standard InChI is InChI=1S/C27H32BrNO6/c1-32-18-33-12-13-34-26-16-21(2-4-23(26)28)14-20-7-10-29(11-8-20)9-6-19-3-5-25-22(15-19)27(31)24(30)17-35-25/h2-5,15-17,20,30H,6-14,18H2,1H3. The molecule has 1 fully saturated rings. The van der Waals surface area contributed by atoms with Crippen LogP contribution in [0.5, 0.6) is 11.5 Å². The van der Waals surface area contributed by atoms with Crippen molar-refractivity contribution in [3.8, 4) is 11.5 Å². The lowest BCUT2D eigenvalue weighted by Gasteiger charge is -2.32. The van der Waals surface area contributed by atoms with Crippen LogP contribution >= 0.6 is 15.9 Å². The van der Waals surface area contributed by atoms with E-state index in [0.717, 1.165) is 67.4 Å². The minimum absolute atomic E-state index is 0.271. The van der Waals surface area contributed by atoms with E-state index >= 15 is 0 Å². The predicted molar refractivity (Wildman–Crippen MR) is 138 cm³/mol. The predicted octanol–water partition coefficient (Wildman–Crippen LogP) is 4.76. The van der Waals surface area contributed by atoms with Gasteiger partial charge in [-0.3, -0.25) is 4.79 Å². The van der Waals surface area contributed by atoms with Crippen molar-refractivity contribution >= 4 is 26.9 Å². The molecule has 35 heavy (non-hydrogen) atoms. The Morgan fingerprint density at radius 1 is 1.11 bits per heavy atom. The van der Waals surface area contributed by atoms with E-state index in [1.165, 1.54) is 5.56 Å². The lowest BCUT2D eigenvalue weighted by molar-refractivity contribution is -0.0388. The quantitative estimate of drug-likeness (QED) is 0.275. The van der Waals surface area contributed by atoms with Crippen LogP contribution in [0.4, 0.5) is 0 Å². The van der Waals surface area contributed by atoms with Gasteiger partial charge in [0, 0.05) is 13.7 Å². The van der Waals surface area contributed by atoms with Crippen LogP contribution in [-0.4, -0.2) is 56.8 Å². The van der Waals surface area contributed by atoms with Gasteiger partial charge < -0.3 is 28.6 Å². The molecule has 1 saturated heterocycles. The summed E-state index contributed by atoms with van der Waals surface area (Å²) in [6.07, 6.45) is 5.31. The number of benzene rings is 2. The Bertz CT molecular complexity index is 1170. The summed E-state index contributed by atoms with van der Waals surface area (Å²) in [5.74, 6) is 1.15. The van der Waals surface area contributed by atoms with E-state index in [1.54, 1.807) is 13.2 Å². The lowest BCUT2D eigenvalue weighted by Crippen LogP contribution is -2.35. The van der Waals surface area contributed by atoms with E-state index in [2.05, 4.69) is 39.0 Å². The molecule has 0 aliphatic carbocycles. The Kier molecular flexibility index (Phi) is 9.20. The average Bonchev–Trinajstić information content (AvgIpc) is 2.87. The molecule has 0 amide bonds. The van der Waals surface area contributed by atoms with Crippen LogP contribution < -0.4 is 10.2 Å². The van der Waals surface area contributed by atoms with Crippen molar-refractivity contribution in [3.63, 3.8) is 0 Å². The SMILES string of the molecule is COCOCCOc1cc(CC2CCN(CCc3ccc4occ(O)c(=O)c4c3)CC2)ccc1Br. The molecule has 0 atom stereocenters. The van der Waals surface area contributed by atoms with Gasteiger partial charge in [0.15, 0.2) is 5.75 Å². The number of rotatable bonds is 11. The Morgan fingerprint density at radius 2 is 1.91 bits per heavy atom. The third kappa shape index (κ3) is 7.07. The number of piperidine rings is 1. The van der Waals surface area contributed by atoms with Crippen LogP contribution in [0.1, 0.15) is 24.0 Å². The molecule has 2 aromatic carbocycles. The first-order valence-corrected chi connectivity index (χ1v) is 12.8. The molecule has 188 valence electrons. The number of halogens is 1. The topological polar surface area (TPSA) is 81.4 Å². The number of hydrogen-bond donors (Lipinski definition) is 1. The monoisotopic (exact) mass is 545 g/mol. The Hall–Kier alpha value is -2.39. The molecule has 3 aromatic rings. The molecule has 0 bridgehead atoms. The molecular weight excluding hydrogens is 514 g/mol. The summed E-state index contributed by atoms with van der Waals surface area (Å²) in [6.45, 7) is 4.32. The highest BCUT2D eigenvalue weighted by Gasteiger charge is 2.20. The molecule has 1 aliphatic heterocycles. The van der Waals surface area contributed by atoms with Crippen LogP contribution in [0.2, 0.25) is 0 Å². The Balaban J connectivity index is 1.24. The normalized spacial score (nSPS) is 15.0. The van der Waals surface area contributed by atoms with Crippen molar-refractivity contribution in [1.29, 1.82) is 0 Å². The highest BCUT2D eigenvalue weighted by molar-refractivity contribution is 9.10. The molecule has 0 saturated carbocycles. The summed E-state index contributed by atoms with van der Waals surface area (Å²) in [5, 5.41) is 10.1. The summed E-state index contributed by atoms with van der Waals surface area (Å²) in [7, 11) is 1.60. The molecule has 7 nitrogen and oxygen atoms in total. The summed E-state index contributed by atoms with van der Waals surface area (Å²) in [6, 6.07) is 12.0. The summed E-state index contributed by atoms with van der Waals surface area (Å²) in [4.78, 5) is 14.6. The lowest BCUT2D eigenvalue weighted by atomic mass is 9.90. The van der Waals surface area contributed by atoms with Crippen LogP contribution in [0.25, 0.3) is 11.0 Å².